The highest BCUT2D eigenvalue weighted by molar-refractivity contribution is 5.96. The van der Waals surface area contributed by atoms with Crippen LogP contribution in [0.2, 0.25) is 0 Å². The standard InChI is InChI=1S/C17H25NO3/c1-16(2,3)14-9-7-6-8-13(14)15(19)18-10-12-11-20-17(4,5)21-12/h6-9,12H,10-11H2,1-5H3,(H,18,19). The maximum atomic E-state index is 12.4. The molecule has 0 aliphatic carbocycles. The molecule has 1 aliphatic rings. The largest absolute Gasteiger partial charge is 0.349 e. The fourth-order valence-electron chi connectivity index (χ4n) is 2.50. The van der Waals surface area contributed by atoms with E-state index in [-0.39, 0.29) is 17.4 Å². The average Bonchev–Trinajstić information content (AvgIpc) is 2.74. The average molecular weight is 291 g/mol. The Morgan fingerprint density at radius 2 is 2.00 bits per heavy atom. The van der Waals surface area contributed by atoms with Crippen LogP contribution in [0.25, 0.3) is 0 Å². The van der Waals surface area contributed by atoms with Gasteiger partial charge in [0.25, 0.3) is 5.91 Å². The maximum absolute atomic E-state index is 12.4. The molecular formula is C17H25NO3. The maximum Gasteiger partial charge on any atom is 0.251 e. The Kier molecular flexibility index (Phi) is 4.40. The zero-order chi connectivity index (χ0) is 15.7. The van der Waals surface area contributed by atoms with Crippen molar-refractivity contribution in [3.05, 3.63) is 35.4 Å². The van der Waals surface area contributed by atoms with Gasteiger partial charge in [-0.3, -0.25) is 4.79 Å². The number of carbonyl (C=O) groups is 1. The molecule has 1 fully saturated rings. The van der Waals surface area contributed by atoms with E-state index in [1.807, 2.05) is 38.1 Å². The molecule has 1 atom stereocenters. The van der Waals surface area contributed by atoms with Crippen LogP contribution in [0.1, 0.15) is 50.5 Å². The molecule has 1 aliphatic heterocycles. The van der Waals surface area contributed by atoms with Crippen LogP contribution in [0.5, 0.6) is 0 Å². The number of hydrogen-bond acceptors (Lipinski definition) is 3. The van der Waals surface area contributed by atoms with Gasteiger partial charge in [0.15, 0.2) is 5.79 Å². The molecule has 1 aromatic rings. The Morgan fingerprint density at radius 1 is 1.33 bits per heavy atom. The first-order chi connectivity index (χ1) is 9.69. The van der Waals surface area contributed by atoms with Crippen molar-refractivity contribution in [3.8, 4) is 0 Å². The minimum atomic E-state index is -0.557. The Hall–Kier alpha value is -1.39. The van der Waals surface area contributed by atoms with Crippen molar-refractivity contribution < 1.29 is 14.3 Å². The van der Waals surface area contributed by atoms with Gasteiger partial charge >= 0.3 is 0 Å². The van der Waals surface area contributed by atoms with Gasteiger partial charge in [0.2, 0.25) is 0 Å². The van der Waals surface area contributed by atoms with Gasteiger partial charge in [-0.2, -0.15) is 0 Å². The van der Waals surface area contributed by atoms with Crippen LogP contribution in [0, 0.1) is 0 Å². The van der Waals surface area contributed by atoms with Gasteiger partial charge in [-0.05, 0) is 30.9 Å². The third kappa shape index (κ3) is 4.05. The van der Waals surface area contributed by atoms with Gasteiger partial charge in [0, 0.05) is 12.1 Å². The molecule has 0 spiro atoms. The zero-order valence-electron chi connectivity index (χ0n) is 13.5. The molecule has 0 aromatic heterocycles. The first kappa shape index (κ1) is 16.0. The third-order valence-electron chi connectivity index (χ3n) is 3.54. The Balaban J connectivity index is 2.02. The molecule has 0 radical (unpaired) electrons. The fourth-order valence-corrected chi connectivity index (χ4v) is 2.50. The van der Waals surface area contributed by atoms with Gasteiger partial charge < -0.3 is 14.8 Å². The summed E-state index contributed by atoms with van der Waals surface area (Å²) in [4.78, 5) is 12.4. The smallest absolute Gasteiger partial charge is 0.251 e. The normalized spacial score (nSPS) is 21.3. The highest BCUT2D eigenvalue weighted by Gasteiger charge is 2.32. The first-order valence-electron chi connectivity index (χ1n) is 7.38. The lowest BCUT2D eigenvalue weighted by molar-refractivity contribution is -0.137. The number of hydrogen-bond donors (Lipinski definition) is 1. The monoisotopic (exact) mass is 291 g/mol. The molecule has 4 nitrogen and oxygen atoms in total. The first-order valence-corrected chi connectivity index (χ1v) is 7.38. The van der Waals surface area contributed by atoms with Crippen molar-refractivity contribution in [2.75, 3.05) is 13.2 Å². The van der Waals surface area contributed by atoms with E-state index in [0.29, 0.717) is 13.2 Å². The summed E-state index contributed by atoms with van der Waals surface area (Å²) < 4.78 is 11.2. The predicted molar refractivity (Wildman–Crippen MR) is 82.4 cm³/mol. The van der Waals surface area contributed by atoms with Gasteiger partial charge in [-0.1, -0.05) is 39.0 Å². The molecule has 1 N–H and O–H groups in total. The number of benzene rings is 1. The van der Waals surface area contributed by atoms with Crippen LogP contribution in [-0.4, -0.2) is 30.9 Å². The Bertz CT molecular complexity index is 517. The molecule has 0 saturated carbocycles. The lowest BCUT2D eigenvalue weighted by atomic mass is 9.83. The SMILES string of the molecule is CC1(C)OCC(CNC(=O)c2ccccc2C(C)(C)C)O1. The molecule has 1 saturated heterocycles. The van der Waals surface area contributed by atoms with E-state index >= 15 is 0 Å². The predicted octanol–water partition coefficient (Wildman–Crippen LogP) is 2.87. The van der Waals surface area contributed by atoms with Crippen molar-refractivity contribution >= 4 is 5.91 Å². The molecular weight excluding hydrogens is 266 g/mol. The molecule has 1 aromatic carbocycles. The molecule has 2 rings (SSSR count). The van der Waals surface area contributed by atoms with Crippen LogP contribution in [-0.2, 0) is 14.9 Å². The second-order valence-electron chi connectivity index (χ2n) is 6.96. The van der Waals surface area contributed by atoms with E-state index in [1.54, 1.807) is 0 Å². The summed E-state index contributed by atoms with van der Waals surface area (Å²) in [7, 11) is 0. The zero-order valence-corrected chi connectivity index (χ0v) is 13.5. The van der Waals surface area contributed by atoms with Crippen molar-refractivity contribution in [1.29, 1.82) is 0 Å². The number of ether oxygens (including phenoxy) is 2. The third-order valence-corrected chi connectivity index (χ3v) is 3.54. The van der Waals surface area contributed by atoms with Crippen molar-refractivity contribution in [2.24, 2.45) is 0 Å². The summed E-state index contributed by atoms with van der Waals surface area (Å²) in [6.07, 6.45) is -0.0919. The van der Waals surface area contributed by atoms with E-state index < -0.39 is 5.79 Å². The summed E-state index contributed by atoms with van der Waals surface area (Å²) in [6, 6.07) is 7.73. The molecule has 1 heterocycles. The molecule has 4 heteroatoms. The minimum absolute atomic E-state index is 0.0613. The lowest BCUT2D eigenvalue weighted by Crippen LogP contribution is -2.35. The van der Waals surface area contributed by atoms with E-state index in [0.717, 1.165) is 11.1 Å². The van der Waals surface area contributed by atoms with Crippen LogP contribution in [0.4, 0.5) is 0 Å². The summed E-state index contributed by atoms with van der Waals surface area (Å²) in [5.74, 6) is -0.618. The van der Waals surface area contributed by atoms with Crippen LogP contribution < -0.4 is 5.32 Å². The summed E-state index contributed by atoms with van der Waals surface area (Å²) in [5, 5.41) is 2.95. The second kappa shape index (κ2) is 5.78. The molecule has 1 unspecified atom stereocenters. The number of carbonyl (C=O) groups excluding carboxylic acids is 1. The molecule has 116 valence electrons. The summed E-state index contributed by atoms with van der Waals surface area (Å²) in [6.45, 7) is 11.0. The highest BCUT2D eigenvalue weighted by atomic mass is 16.7. The van der Waals surface area contributed by atoms with Crippen molar-refractivity contribution in [2.45, 2.75) is 51.9 Å². The lowest BCUT2D eigenvalue weighted by Gasteiger charge is -2.22. The van der Waals surface area contributed by atoms with Crippen LogP contribution in [0.3, 0.4) is 0 Å². The second-order valence-corrected chi connectivity index (χ2v) is 6.96. The number of amides is 1. The van der Waals surface area contributed by atoms with Gasteiger partial charge in [0.05, 0.1) is 6.61 Å². The van der Waals surface area contributed by atoms with E-state index in [9.17, 15) is 4.79 Å². The summed E-state index contributed by atoms with van der Waals surface area (Å²) >= 11 is 0. The number of rotatable bonds is 3. The Morgan fingerprint density at radius 3 is 2.57 bits per heavy atom. The van der Waals surface area contributed by atoms with E-state index in [4.69, 9.17) is 9.47 Å². The highest BCUT2D eigenvalue weighted by Crippen LogP contribution is 2.26. The van der Waals surface area contributed by atoms with Gasteiger partial charge in [-0.25, -0.2) is 0 Å². The van der Waals surface area contributed by atoms with Crippen molar-refractivity contribution in [3.63, 3.8) is 0 Å². The quantitative estimate of drug-likeness (QED) is 0.931. The molecule has 1 amide bonds. The summed E-state index contributed by atoms with van der Waals surface area (Å²) in [5.41, 5.74) is 1.71. The van der Waals surface area contributed by atoms with E-state index in [1.165, 1.54) is 0 Å². The van der Waals surface area contributed by atoms with Crippen LogP contribution >= 0.6 is 0 Å². The molecule has 21 heavy (non-hydrogen) atoms. The van der Waals surface area contributed by atoms with Gasteiger partial charge in [-0.15, -0.1) is 0 Å². The Labute approximate surface area is 126 Å². The number of nitrogens with one attached hydrogen (secondary N) is 1. The topological polar surface area (TPSA) is 47.6 Å². The minimum Gasteiger partial charge on any atom is -0.349 e. The molecule has 0 bridgehead atoms. The van der Waals surface area contributed by atoms with Gasteiger partial charge in [0.1, 0.15) is 6.10 Å². The fraction of sp³-hybridized carbons (Fsp3) is 0.588. The van der Waals surface area contributed by atoms with Crippen LogP contribution in [0.15, 0.2) is 24.3 Å². The van der Waals surface area contributed by atoms with Crippen molar-refractivity contribution in [1.82, 2.24) is 5.32 Å². The van der Waals surface area contributed by atoms with E-state index in [2.05, 4.69) is 26.1 Å².